The van der Waals surface area contributed by atoms with Crippen LogP contribution in [0.3, 0.4) is 0 Å². The van der Waals surface area contributed by atoms with Crippen LogP contribution in [-0.2, 0) is 7.05 Å². The number of hydrogen-bond acceptors (Lipinski definition) is 2. The van der Waals surface area contributed by atoms with Gasteiger partial charge in [0.15, 0.2) is 5.43 Å². The van der Waals surface area contributed by atoms with E-state index in [1.54, 1.807) is 11.8 Å². The molecule has 3 heteroatoms. The third-order valence-electron chi connectivity index (χ3n) is 4.74. The molecule has 4 rings (SSSR count). The van der Waals surface area contributed by atoms with E-state index < -0.39 is 0 Å². The minimum Gasteiger partial charge on any atom is -0.343 e. The molecule has 0 N–H and O–H groups in total. The smallest absolute Gasteiger partial charge is 0.197 e. The lowest BCUT2D eigenvalue weighted by molar-refractivity contribution is 0.962. The first-order valence-corrected chi connectivity index (χ1v) is 9.75. The summed E-state index contributed by atoms with van der Waals surface area (Å²) >= 11 is 1.70. The van der Waals surface area contributed by atoms with Crippen molar-refractivity contribution < 1.29 is 0 Å². The summed E-state index contributed by atoms with van der Waals surface area (Å²) in [5, 5.41) is 0.749. The predicted molar refractivity (Wildman–Crippen MR) is 112 cm³/mol. The molecular weight excluding hydrogens is 338 g/mol. The average Bonchev–Trinajstić information content (AvgIpc) is 2.71. The minimum atomic E-state index is 0.0782. The molecule has 4 aromatic rings. The van der Waals surface area contributed by atoms with Crippen LogP contribution in [0.1, 0.15) is 0 Å². The predicted octanol–water partition coefficient (Wildman–Crippen LogP) is 5.59. The summed E-state index contributed by atoms with van der Waals surface area (Å²) in [6.45, 7) is 0. The SMILES string of the molecule is CSc1ccc(-c2c(-c3ccccc3)n(C)c3ccccc3c2=O)cc1. The molecule has 0 bridgehead atoms. The zero-order valence-corrected chi connectivity index (χ0v) is 15.6. The fraction of sp³-hybridized carbons (Fsp3) is 0.0870. The maximum absolute atomic E-state index is 13.4. The fourth-order valence-electron chi connectivity index (χ4n) is 3.45. The monoisotopic (exact) mass is 357 g/mol. The summed E-state index contributed by atoms with van der Waals surface area (Å²) in [4.78, 5) is 14.6. The molecule has 0 saturated carbocycles. The first-order valence-electron chi connectivity index (χ1n) is 8.52. The number of aryl methyl sites for hydroxylation is 1. The quantitative estimate of drug-likeness (QED) is 0.446. The highest BCUT2D eigenvalue weighted by atomic mass is 32.2. The molecule has 0 spiro atoms. The third kappa shape index (κ3) is 2.74. The van der Waals surface area contributed by atoms with Crippen LogP contribution < -0.4 is 5.43 Å². The number of aromatic nitrogens is 1. The zero-order chi connectivity index (χ0) is 18.1. The number of pyridine rings is 1. The van der Waals surface area contributed by atoms with Crippen LogP contribution in [0.25, 0.3) is 33.3 Å². The van der Waals surface area contributed by atoms with E-state index in [1.807, 2.05) is 61.6 Å². The Morgan fingerprint density at radius 2 is 1.42 bits per heavy atom. The fourth-order valence-corrected chi connectivity index (χ4v) is 3.86. The molecule has 0 fully saturated rings. The van der Waals surface area contributed by atoms with Gasteiger partial charge < -0.3 is 4.57 Å². The standard InChI is InChI=1S/C23H19NOS/c1-24-20-11-7-6-10-19(20)23(25)21(16-12-14-18(26-2)15-13-16)22(24)17-8-4-3-5-9-17/h3-15H,1-2H3. The molecule has 128 valence electrons. The summed E-state index contributed by atoms with van der Waals surface area (Å²) in [5.41, 5.74) is 4.72. The van der Waals surface area contributed by atoms with E-state index in [0.717, 1.165) is 33.3 Å². The Hall–Kier alpha value is -2.78. The Morgan fingerprint density at radius 3 is 2.12 bits per heavy atom. The molecule has 1 heterocycles. The van der Waals surface area contributed by atoms with Gasteiger partial charge in [0.25, 0.3) is 0 Å². The van der Waals surface area contributed by atoms with Crippen molar-refractivity contribution in [3.8, 4) is 22.4 Å². The second-order valence-electron chi connectivity index (χ2n) is 6.22. The van der Waals surface area contributed by atoms with Gasteiger partial charge in [-0.25, -0.2) is 0 Å². The van der Waals surface area contributed by atoms with E-state index in [9.17, 15) is 4.79 Å². The Kier molecular flexibility index (Phi) is 4.39. The molecule has 26 heavy (non-hydrogen) atoms. The van der Waals surface area contributed by atoms with Crippen LogP contribution in [0.5, 0.6) is 0 Å². The van der Waals surface area contributed by atoms with Gasteiger partial charge >= 0.3 is 0 Å². The van der Waals surface area contributed by atoms with Crippen LogP contribution in [0, 0.1) is 0 Å². The first kappa shape index (κ1) is 16.7. The van der Waals surface area contributed by atoms with Crippen molar-refractivity contribution in [3.63, 3.8) is 0 Å². The van der Waals surface area contributed by atoms with E-state index in [-0.39, 0.29) is 5.43 Å². The van der Waals surface area contributed by atoms with Crippen molar-refractivity contribution in [2.45, 2.75) is 4.90 Å². The highest BCUT2D eigenvalue weighted by molar-refractivity contribution is 7.98. The van der Waals surface area contributed by atoms with E-state index in [4.69, 9.17) is 0 Å². The minimum absolute atomic E-state index is 0.0782. The zero-order valence-electron chi connectivity index (χ0n) is 14.8. The number of para-hydroxylation sites is 1. The van der Waals surface area contributed by atoms with E-state index >= 15 is 0 Å². The van der Waals surface area contributed by atoms with Gasteiger partial charge in [0, 0.05) is 17.3 Å². The Labute approximate surface area is 157 Å². The lowest BCUT2D eigenvalue weighted by Crippen LogP contribution is -2.14. The summed E-state index contributed by atoms with van der Waals surface area (Å²) in [5.74, 6) is 0. The van der Waals surface area contributed by atoms with Crippen molar-refractivity contribution in [2.24, 2.45) is 7.05 Å². The number of benzene rings is 3. The maximum Gasteiger partial charge on any atom is 0.197 e. The van der Waals surface area contributed by atoms with Gasteiger partial charge in [0.1, 0.15) is 0 Å². The maximum atomic E-state index is 13.4. The molecule has 0 amide bonds. The summed E-state index contributed by atoms with van der Waals surface area (Å²) < 4.78 is 2.13. The van der Waals surface area contributed by atoms with Crippen LogP contribution >= 0.6 is 11.8 Å². The first-order chi connectivity index (χ1) is 12.7. The average molecular weight is 357 g/mol. The molecule has 2 nitrogen and oxygen atoms in total. The molecule has 0 atom stereocenters. The molecule has 0 unspecified atom stereocenters. The number of rotatable bonds is 3. The van der Waals surface area contributed by atoms with E-state index in [2.05, 4.69) is 35.1 Å². The van der Waals surface area contributed by atoms with E-state index in [1.165, 1.54) is 4.90 Å². The van der Waals surface area contributed by atoms with Crippen LogP contribution in [0.2, 0.25) is 0 Å². The number of thioether (sulfide) groups is 1. The van der Waals surface area contributed by atoms with Gasteiger partial charge in [-0.1, -0.05) is 54.6 Å². The van der Waals surface area contributed by atoms with Gasteiger partial charge in [-0.2, -0.15) is 0 Å². The molecule has 0 aliphatic carbocycles. The molecule has 0 saturated heterocycles. The second-order valence-corrected chi connectivity index (χ2v) is 7.10. The number of hydrogen-bond donors (Lipinski definition) is 0. The van der Waals surface area contributed by atoms with Gasteiger partial charge in [0.2, 0.25) is 0 Å². The largest absolute Gasteiger partial charge is 0.343 e. The highest BCUT2D eigenvalue weighted by Crippen LogP contribution is 2.32. The molecule has 0 radical (unpaired) electrons. The van der Waals surface area contributed by atoms with Crippen molar-refractivity contribution in [2.75, 3.05) is 6.26 Å². The van der Waals surface area contributed by atoms with Crippen LogP contribution in [-0.4, -0.2) is 10.8 Å². The van der Waals surface area contributed by atoms with Crippen LogP contribution in [0.4, 0.5) is 0 Å². The summed E-state index contributed by atoms with van der Waals surface area (Å²) in [6, 6.07) is 26.2. The topological polar surface area (TPSA) is 22.0 Å². The third-order valence-corrected chi connectivity index (χ3v) is 5.48. The number of fused-ring (bicyclic) bond motifs is 1. The Bertz CT molecular complexity index is 1130. The number of nitrogens with zero attached hydrogens (tertiary/aromatic N) is 1. The molecular formula is C23H19NOS. The van der Waals surface area contributed by atoms with Crippen molar-refractivity contribution in [1.82, 2.24) is 4.57 Å². The van der Waals surface area contributed by atoms with Gasteiger partial charge in [-0.15, -0.1) is 11.8 Å². The summed E-state index contributed by atoms with van der Waals surface area (Å²) in [6.07, 6.45) is 2.06. The lowest BCUT2D eigenvalue weighted by atomic mass is 9.96. The van der Waals surface area contributed by atoms with Gasteiger partial charge in [-0.05, 0) is 41.6 Å². The lowest BCUT2D eigenvalue weighted by Gasteiger charge is -2.18. The highest BCUT2D eigenvalue weighted by Gasteiger charge is 2.17. The Balaban J connectivity index is 2.12. The Morgan fingerprint density at radius 1 is 0.769 bits per heavy atom. The van der Waals surface area contributed by atoms with E-state index in [0.29, 0.717) is 0 Å². The van der Waals surface area contributed by atoms with Crippen molar-refractivity contribution in [3.05, 3.63) is 89.1 Å². The normalized spacial score (nSPS) is 11.0. The second kappa shape index (κ2) is 6.85. The molecule has 3 aromatic carbocycles. The van der Waals surface area contributed by atoms with Crippen molar-refractivity contribution in [1.29, 1.82) is 0 Å². The van der Waals surface area contributed by atoms with Crippen molar-refractivity contribution >= 4 is 22.7 Å². The van der Waals surface area contributed by atoms with Gasteiger partial charge in [0.05, 0.1) is 16.8 Å². The molecule has 1 aromatic heterocycles. The molecule has 0 aliphatic heterocycles. The summed E-state index contributed by atoms with van der Waals surface area (Å²) in [7, 11) is 2.03. The van der Waals surface area contributed by atoms with Crippen LogP contribution in [0.15, 0.2) is 88.6 Å². The van der Waals surface area contributed by atoms with Gasteiger partial charge in [-0.3, -0.25) is 4.79 Å². The molecule has 0 aliphatic rings.